The molecule has 4 nitrogen and oxygen atoms in total. The van der Waals surface area contributed by atoms with Gasteiger partial charge in [0.1, 0.15) is 0 Å². The number of aryl methyl sites for hydroxylation is 2. The second kappa shape index (κ2) is 7.44. The number of para-hydroxylation sites is 1. The zero-order valence-electron chi connectivity index (χ0n) is 13.4. The molecule has 0 unspecified atom stereocenters. The first kappa shape index (κ1) is 17.3. The van der Waals surface area contributed by atoms with E-state index in [1.165, 1.54) is 5.56 Å². The molecule has 0 radical (unpaired) electrons. The first-order valence-electron chi connectivity index (χ1n) is 7.98. The predicted molar refractivity (Wildman–Crippen MR) is 92.7 cm³/mol. The summed E-state index contributed by atoms with van der Waals surface area (Å²) in [7, 11) is 0. The molecule has 0 aliphatic carbocycles. The van der Waals surface area contributed by atoms with Crippen LogP contribution in [0, 0.1) is 18.8 Å². The van der Waals surface area contributed by atoms with Crippen LogP contribution in [0.4, 0.5) is 5.69 Å². The monoisotopic (exact) mass is 323 g/mol. The largest absolute Gasteiger partial charge is 0.324 e. The molecule has 0 aromatic heterocycles. The van der Waals surface area contributed by atoms with Crippen LogP contribution in [0.2, 0.25) is 0 Å². The van der Waals surface area contributed by atoms with E-state index in [0.717, 1.165) is 55.7 Å². The number of benzene rings is 1. The third-order valence-electron chi connectivity index (χ3n) is 4.84. The molecule has 1 aromatic rings. The topological polar surface area (TPSA) is 44.4 Å². The second-order valence-corrected chi connectivity index (χ2v) is 6.38. The SMILES string of the molecule is CCc1cccc(C)c1NC(=O)CN1C[C@H]2CNC[C@H]2C1.Cl. The van der Waals surface area contributed by atoms with Crippen molar-refractivity contribution in [2.24, 2.45) is 11.8 Å². The molecule has 2 saturated heterocycles. The summed E-state index contributed by atoms with van der Waals surface area (Å²) in [4.78, 5) is 14.6. The minimum Gasteiger partial charge on any atom is -0.324 e. The zero-order valence-corrected chi connectivity index (χ0v) is 14.2. The van der Waals surface area contributed by atoms with Gasteiger partial charge in [-0.05, 0) is 49.4 Å². The average Bonchev–Trinajstić information content (AvgIpc) is 3.02. The van der Waals surface area contributed by atoms with E-state index in [2.05, 4.69) is 47.6 Å². The summed E-state index contributed by atoms with van der Waals surface area (Å²) in [6.45, 7) is 9.03. The molecule has 2 aliphatic heterocycles. The fourth-order valence-electron chi connectivity index (χ4n) is 3.67. The molecule has 1 aromatic carbocycles. The van der Waals surface area contributed by atoms with Gasteiger partial charge < -0.3 is 10.6 Å². The van der Waals surface area contributed by atoms with Crippen LogP contribution < -0.4 is 10.6 Å². The summed E-state index contributed by atoms with van der Waals surface area (Å²) < 4.78 is 0. The van der Waals surface area contributed by atoms with Crippen LogP contribution in [0.3, 0.4) is 0 Å². The van der Waals surface area contributed by atoms with Crippen LogP contribution in [0.15, 0.2) is 18.2 Å². The number of nitrogens with one attached hydrogen (secondary N) is 2. The number of halogens is 1. The highest BCUT2D eigenvalue weighted by molar-refractivity contribution is 5.93. The average molecular weight is 324 g/mol. The van der Waals surface area contributed by atoms with Crippen molar-refractivity contribution in [3.8, 4) is 0 Å². The molecule has 0 spiro atoms. The Labute approximate surface area is 139 Å². The first-order chi connectivity index (χ1) is 10.2. The quantitative estimate of drug-likeness (QED) is 0.891. The number of nitrogens with zero attached hydrogens (tertiary/aromatic N) is 1. The van der Waals surface area contributed by atoms with E-state index < -0.39 is 0 Å². The zero-order chi connectivity index (χ0) is 14.8. The number of likely N-dealkylation sites (tertiary alicyclic amines) is 1. The third-order valence-corrected chi connectivity index (χ3v) is 4.84. The number of rotatable bonds is 4. The van der Waals surface area contributed by atoms with Gasteiger partial charge in [-0.2, -0.15) is 0 Å². The van der Waals surface area contributed by atoms with E-state index in [1.807, 2.05) is 0 Å². The highest BCUT2D eigenvalue weighted by Crippen LogP contribution is 2.26. The third kappa shape index (κ3) is 3.62. The van der Waals surface area contributed by atoms with Gasteiger partial charge in [0.25, 0.3) is 0 Å². The lowest BCUT2D eigenvalue weighted by Gasteiger charge is -2.18. The molecule has 2 heterocycles. The minimum absolute atomic E-state index is 0. The smallest absolute Gasteiger partial charge is 0.238 e. The van der Waals surface area contributed by atoms with Crippen molar-refractivity contribution < 1.29 is 4.79 Å². The molecule has 22 heavy (non-hydrogen) atoms. The van der Waals surface area contributed by atoms with E-state index in [4.69, 9.17) is 0 Å². The van der Waals surface area contributed by atoms with Crippen molar-refractivity contribution in [2.75, 3.05) is 38.0 Å². The van der Waals surface area contributed by atoms with Crippen molar-refractivity contribution in [1.29, 1.82) is 0 Å². The van der Waals surface area contributed by atoms with Crippen LogP contribution in [-0.4, -0.2) is 43.5 Å². The van der Waals surface area contributed by atoms with E-state index in [-0.39, 0.29) is 18.3 Å². The van der Waals surface area contributed by atoms with E-state index in [1.54, 1.807) is 0 Å². The first-order valence-corrected chi connectivity index (χ1v) is 7.98. The maximum absolute atomic E-state index is 12.3. The Bertz CT molecular complexity index is 523. The summed E-state index contributed by atoms with van der Waals surface area (Å²) in [5, 5.41) is 6.56. The van der Waals surface area contributed by atoms with Crippen LogP contribution in [-0.2, 0) is 11.2 Å². The van der Waals surface area contributed by atoms with Crippen LogP contribution in [0.25, 0.3) is 0 Å². The lowest BCUT2D eigenvalue weighted by atomic mass is 10.0. The minimum atomic E-state index is 0. The number of anilines is 1. The highest BCUT2D eigenvalue weighted by atomic mass is 35.5. The van der Waals surface area contributed by atoms with E-state index in [0.29, 0.717) is 6.54 Å². The summed E-state index contributed by atoms with van der Waals surface area (Å²) >= 11 is 0. The van der Waals surface area contributed by atoms with Crippen LogP contribution in [0.5, 0.6) is 0 Å². The molecule has 3 rings (SSSR count). The maximum Gasteiger partial charge on any atom is 0.238 e. The van der Waals surface area contributed by atoms with Gasteiger partial charge in [-0.15, -0.1) is 12.4 Å². The molecule has 122 valence electrons. The predicted octanol–water partition coefficient (Wildman–Crippen LogP) is 2.07. The lowest BCUT2D eigenvalue weighted by molar-refractivity contribution is -0.117. The summed E-state index contributed by atoms with van der Waals surface area (Å²) in [5.41, 5.74) is 3.36. The van der Waals surface area contributed by atoms with Gasteiger partial charge in [0, 0.05) is 18.8 Å². The Morgan fingerprint density at radius 3 is 2.64 bits per heavy atom. The number of hydrogen-bond acceptors (Lipinski definition) is 3. The number of hydrogen-bond donors (Lipinski definition) is 2. The molecular weight excluding hydrogens is 298 g/mol. The van der Waals surface area contributed by atoms with Gasteiger partial charge >= 0.3 is 0 Å². The normalized spacial score (nSPS) is 23.9. The maximum atomic E-state index is 12.3. The van der Waals surface area contributed by atoms with Crippen molar-refractivity contribution in [3.05, 3.63) is 29.3 Å². The van der Waals surface area contributed by atoms with Gasteiger partial charge in [-0.3, -0.25) is 9.69 Å². The van der Waals surface area contributed by atoms with Crippen molar-refractivity contribution in [1.82, 2.24) is 10.2 Å². The molecule has 2 fully saturated rings. The standard InChI is InChI=1S/C17H25N3O.ClH/c1-3-13-6-4-5-12(2)17(13)19-16(21)11-20-9-14-7-18-8-15(14)10-20;/h4-6,14-15,18H,3,7-11H2,1-2H3,(H,19,21);1H/t14-,15+;. The Morgan fingerprint density at radius 2 is 2.00 bits per heavy atom. The van der Waals surface area contributed by atoms with Gasteiger partial charge in [-0.25, -0.2) is 0 Å². The van der Waals surface area contributed by atoms with Gasteiger partial charge in [0.05, 0.1) is 6.54 Å². The molecule has 1 amide bonds. The van der Waals surface area contributed by atoms with Crippen molar-refractivity contribution in [3.63, 3.8) is 0 Å². The number of carbonyl (C=O) groups is 1. The molecule has 2 aliphatic rings. The Morgan fingerprint density at radius 1 is 1.32 bits per heavy atom. The molecular formula is C17H26ClN3O. The molecule has 0 saturated carbocycles. The summed E-state index contributed by atoms with van der Waals surface area (Å²) in [6, 6.07) is 6.20. The Hall–Kier alpha value is -1.10. The van der Waals surface area contributed by atoms with Crippen LogP contribution >= 0.6 is 12.4 Å². The Kier molecular flexibility index (Phi) is 5.84. The van der Waals surface area contributed by atoms with Gasteiger partial charge in [0.2, 0.25) is 5.91 Å². The fraction of sp³-hybridized carbons (Fsp3) is 0.588. The number of amides is 1. The molecule has 2 N–H and O–H groups in total. The highest BCUT2D eigenvalue weighted by Gasteiger charge is 2.36. The van der Waals surface area contributed by atoms with Gasteiger partial charge in [-0.1, -0.05) is 25.1 Å². The molecule has 2 atom stereocenters. The fourth-order valence-corrected chi connectivity index (χ4v) is 3.67. The Balaban J connectivity index is 0.00000176. The molecule has 0 bridgehead atoms. The second-order valence-electron chi connectivity index (χ2n) is 6.38. The number of carbonyl (C=O) groups excluding carboxylic acids is 1. The van der Waals surface area contributed by atoms with E-state index >= 15 is 0 Å². The van der Waals surface area contributed by atoms with Crippen molar-refractivity contribution >= 4 is 24.0 Å². The van der Waals surface area contributed by atoms with Crippen LogP contribution in [0.1, 0.15) is 18.1 Å². The molecule has 5 heteroatoms. The summed E-state index contributed by atoms with van der Waals surface area (Å²) in [5.74, 6) is 1.59. The van der Waals surface area contributed by atoms with Crippen molar-refractivity contribution in [2.45, 2.75) is 20.3 Å². The number of fused-ring (bicyclic) bond motifs is 1. The summed E-state index contributed by atoms with van der Waals surface area (Å²) in [6.07, 6.45) is 0.941. The van der Waals surface area contributed by atoms with Gasteiger partial charge in [0.15, 0.2) is 0 Å². The lowest BCUT2D eigenvalue weighted by Crippen LogP contribution is -2.34. The van der Waals surface area contributed by atoms with E-state index in [9.17, 15) is 4.79 Å².